The molecule has 0 aliphatic rings. The summed E-state index contributed by atoms with van der Waals surface area (Å²) in [6.45, 7) is 0.930. The molecule has 3 aromatic carbocycles. The summed E-state index contributed by atoms with van der Waals surface area (Å²) in [5, 5.41) is 0. The molecule has 0 saturated heterocycles. The highest BCUT2D eigenvalue weighted by atomic mass is 16.5. The lowest BCUT2D eigenvalue weighted by Gasteiger charge is -2.12. The predicted octanol–water partition coefficient (Wildman–Crippen LogP) is 6.11. The largest absolute Gasteiger partial charge is 0.472 e. The van der Waals surface area contributed by atoms with Gasteiger partial charge in [-0.1, -0.05) is 78.9 Å². The Bertz CT molecular complexity index is 1310. The van der Waals surface area contributed by atoms with Gasteiger partial charge in [0.05, 0.1) is 24.4 Å². The van der Waals surface area contributed by atoms with Gasteiger partial charge in [0, 0.05) is 23.2 Å². The fraction of sp³-hybridized carbons (Fsp3) is 0.0714. The summed E-state index contributed by atoms with van der Waals surface area (Å²) >= 11 is 0. The van der Waals surface area contributed by atoms with Crippen molar-refractivity contribution in [3.63, 3.8) is 0 Å². The number of ether oxygens (including phenoxy) is 1. The molecular weight excluding hydrogens is 410 g/mol. The minimum atomic E-state index is 0.429. The number of nitrogens with two attached hydrogens (primary N) is 1. The fourth-order valence-corrected chi connectivity index (χ4v) is 3.63. The van der Waals surface area contributed by atoms with Crippen molar-refractivity contribution in [2.45, 2.75) is 13.2 Å². The summed E-state index contributed by atoms with van der Waals surface area (Å²) in [4.78, 5) is 9.57. The van der Waals surface area contributed by atoms with Crippen LogP contribution in [0, 0.1) is 0 Å². The average Bonchev–Trinajstić information content (AvgIpc) is 3.43. The van der Waals surface area contributed by atoms with E-state index in [2.05, 4.69) is 12.1 Å². The molecule has 0 spiro atoms. The Hall–Kier alpha value is -4.22. The number of nitrogens with zero attached hydrogens (tertiary/aromatic N) is 2. The van der Waals surface area contributed by atoms with Gasteiger partial charge in [-0.25, -0.2) is 9.97 Å². The van der Waals surface area contributed by atoms with E-state index in [0.717, 1.165) is 44.8 Å². The molecule has 33 heavy (non-hydrogen) atoms. The smallest absolute Gasteiger partial charge is 0.233 e. The van der Waals surface area contributed by atoms with Crippen molar-refractivity contribution >= 4 is 0 Å². The van der Waals surface area contributed by atoms with Gasteiger partial charge in [-0.2, -0.15) is 0 Å². The molecule has 162 valence electrons. The summed E-state index contributed by atoms with van der Waals surface area (Å²) in [5.41, 5.74) is 13.5. The number of rotatable bonds is 7. The number of furan rings is 1. The first-order chi connectivity index (χ1) is 16.3. The second-order valence-electron chi connectivity index (χ2n) is 7.67. The van der Waals surface area contributed by atoms with Crippen LogP contribution in [0.3, 0.4) is 0 Å². The second-order valence-corrected chi connectivity index (χ2v) is 7.67. The van der Waals surface area contributed by atoms with E-state index in [1.807, 2.05) is 72.8 Å². The monoisotopic (exact) mass is 433 g/mol. The molecule has 0 amide bonds. The molecule has 0 unspecified atom stereocenters. The first-order valence-electron chi connectivity index (χ1n) is 10.8. The Labute approximate surface area is 192 Å². The van der Waals surface area contributed by atoms with Gasteiger partial charge in [-0.15, -0.1) is 0 Å². The van der Waals surface area contributed by atoms with Crippen molar-refractivity contribution < 1.29 is 9.15 Å². The maximum atomic E-state index is 5.96. The topological polar surface area (TPSA) is 74.2 Å². The first kappa shape index (κ1) is 20.7. The maximum Gasteiger partial charge on any atom is 0.233 e. The zero-order valence-corrected chi connectivity index (χ0v) is 18.0. The summed E-state index contributed by atoms with van der Waals surface area (Å²) in [6.07, 6.45) is 5.08. The van der Waals surface area contributed by atoms with Crippen LogP contribution in [0.5, 0.6) is 5.88 Å². The molecule has 2 heterocycles. The quantitative estimate of drug-likeness (QED) is 0.335. The van der Waals surface area contributed by atoms with E-state index in [4.69, 9.17) is 24.9 Å². The molecule has 5 rings (SSSR count). The van der Waals surface area contributed by atoms with E-state index >= 15 is 0 Å². The zero-order valence-electron chi connectivity index (χ0n) is 18.0. The normalized spacial score (nSPS) is 10.8. The summed E-state index contributed by atoms with van der Waals surface area (Å²) < 4.78 is 11.2. The second kappa shape index (κ2) is 9.51. The van der Waals surface area contributed by atoms with Gasteiger partial charge in [0.15, 0.2) is 0 Å². The highest BCUT2D eigenvalue weighted by molar-refractivity contribution is 5.79. The third-order valence-electron chi connectivity index (χ3n) is 5.46. The van der Waals surface area contributed by atoms with Crippen molar-refractivity contribution in [2.24, 2.45) is 5.73 Å². The highest BCUT2D eigenvalue weighted by Gasteiger charge is 2.14. The maximum absolute atomic E-state index is 5.96. The van der Waals surface area contributed by atoms with Crippen LogP contribution in [0.15, 0.2) is 108 Å². The van der Waals surface area contributed by atoms with E-state index in [1.54, 1.807) is 18.7 Å². The van der Waals surface area contributed by atoms with Crippen LogP contribution in [0.2, 0.25) is 0 Å². The summed E-state index contributed by atoms with van der Waals surface area (Å²) in [7, 11) is 0. The number of aromatic nitrogens is 2. The van der Waals surface area contributed by atoms with Gasteiger partial charge in [-0.05, 0) is 22.8 Å². The molecule has 0 bridgehead atoms. The molecule has 0 aliphatic heterocycles. The van der Waals surface area contributed by atoms with Crippen LogP contribution in [0.1, 0.15) is 11.1 Å². The van der Waals surface area contributed by atoms with Crippen molar-refractivity contribution in [3.8, 4) is 39.5 Å². The third kappa shape index (κ3) is 4.68. The van der Waals surface area contributed by atoms with E-state index in [1.165, 1.54) is 0 Å². The predicted molar refractivity (Wildman–Crippen MR) is 129 cm³/mol. The van der Waals surface area contributed by atoms with Gasteiger partial charge < -0.3 is 14.9 Å². The molecule has 2 aromatic heterocycles. The SMILES string of the molecule is NCc1ccc(-c2ncc(OCc3ccccc3)nc2-c2ccc(-c3ccoc3)cc2)cc1. The average molecular weight is 434 g/mol. The van der Waals surface area contributed by atoms with Crippen molar-refractivity contribution in [1.82, 2.24) is 9.97 Å². The fourth-order valence-electron chi connectivity index (χ4n) is 3.63. The minimum absolute atomic E-state index is 0.429. The molecule has 0 radical (unpaired) electrons. The minimum Gasteiger partial charge on any atom is -0.472 e. The molecule has 0 aliphatic carbocycles. The van der Waals surface area contributed by atoms with E-state index < -0.39 is 0 Å². The molecule has 0 saturated carbocycles. The molecule has 0 fully saturated rings. The number of hydrogen-bond donors (Lipinski definition) is 1. The lowest BCUT2D eigenvalue weighted by molar-refractivity contribution is 0.293. The molecule has 5 aromatic rings. The van der Waals surface area contributed by atoms with Crippen LogP contribution >= 0.6 is 0 Å². The van der Waals surface area contributed by atoms with E-state index in [9.17, 15) is 0 Å². The molecule has 2 N–H and O–H groups in total. The summed E-state index contributed by atoms with van der Waals surface area (Å²) in [6, 6.07) is 28.3. The van der Waals surface area contributed by atoms with Crippen LogP contribution in [-0.4, -0.2) is 9.97 Å². The molecule has 5 nitrogen and oxygen atoms in total. The number of hydrogen-bond acceptors (Lipinski definition) is 5. The van der Waals surface area contributed by atoms with Crippen LogP contribution in [0.4, 0.5) is 0 Å². The molecule has 5 heteroatoms. The zero-order chi connectivity index (χ0) is 22.5. The Morgan fingerprint density at radius 3 is 2.09 bits per heavy atom. The van der Waals surface area contributed by atoms with Gasteiger partial charge in [0.2, 0.25) is 5.88 Å². The molecule has 0 atom stereocenters. The van der Waals surface area contributed by atoms with E-state index in [0.29, 0.717) is 19.0 Å². The highest BCUT2D eigenvalue weighted by Crippen LogP contribution is 2.32. The standard InChI is InChI=1S/C28H23N3O2/c29-16-20-6-8-23(9-7-20)27-28(24-12-10-22(11-13-24)25-14-15-32-19-25)31-26(17-30-27)33-18-21-4-2-1-3-5-21/h1-15,17,19H,16,18,29H2. The van der Waals surface area contributed by atoms with Crippen molar-refractivity contribution in [3.05, 3.63) is 115 Å². The third-order valence-corrected chi connectivity index (χ3v) is 5.46. The van der Waals surface area contributed by atoms with Crippen LogP contribution < -0.4 is 10.5 Å². The van der Waals surface area contributed by atoms with Gasteiger partial charge >= 0.3 is 0 Å². The van der Waals surface area contributed by atoms with Gasteiger partial charge in [0.25, 0.3) is 0 Å². The van der Waals surface area contributed by atoms with Crippen molar-refractivity contribution in [1.29, 1.82) is 0 Å². The van der Waals surface area contributed by atoms with Crippen LogP contribution in [-0.2, 0) is 13.2 Å². The van der Waals surface area contributed by atoms with Crippen LogP contribution in [0.25, 0.3) is 33.6 Å². The van der Waals surface area contributed by atoms with Gasteiger partial charge in [-0.3, -0.25) is 0 Å². The summed E-state index contributed by atoms with van der Waals surface area (Å²) in [5.74, 6) is 0.482. The number of benzene rings is 3. The lowest BCUT2D eigenvalue weighted by atomic mass is 10.0. The Morgan fingerprint density at radius 2 is 1.39 bits per heavy atom. The first-order valence-corrected chi connectivity index (χ1v) is 10.8. The van der Waals surface area contributed by atoms with E-state index in [-0.39, 0.29) is 0 Å². The lowest BCUT2D eigenvalue weighted by Crippen LogP contribution is -2.01. The van der Waals surface area contributed by atoms with Gasteiger partial charge in [0.1, 0.15) is 12.3 Å². The Balaban J connectivity index is 1.51. The Morgan fingerprint density at radius 1 is 0.697 bits per heavy atom. The molecular formula is C28H23N3O2. The Kier molecular flexibility index (Phi) is 5.95. The van der Waals surface area contributed by atoms with Crippen molar-refractivity contribution in [2.75, 3.05) is 0 Å².